The Morgan fingerprint density at radius 1 is 1.50 bits per heavy atom. The zero-order valence-corrected chi connectivity index (χ0v) is 11.6. The second-order valence-corrected chi connectivity index (χ2v) is 10.1. The molecule has 1 aliphatic rings. The molecule has 1 aliphatic heterocycles. The molecule has 0 aromatic rings. The molecule has 4 atom stereocenters. The molecule has 0 unspecified atom stereocenters. The number of aliphatic hydroxyl groups is 1. The Balaban J connectivity index is 2.44. The van der Waals surface area contributed by atoms with Crippen molar-refractivity contribution in [3.05, 3.63) is 0 Å². The summed E-state index contributed by atoms with van der Waals surface area (Å²) in [5, 5.41) is 9.84. The predicted octanol–water partition coefficient (Wildman–Crippen LogP) is 2.00. The van der Waals surface area contributed by atoms with Crippen molar-refractivity contribution in [2.75, 3.05) is 19.5 Å². The number of alkyl halides is 1. The van der Waals surface area contributed by atoms with E-state index in [1.54, 1.807) is 0 Å². The lowest BCUT2D eigenvalue weighted by Gasteiger charge is -2.18. The van der Waals surface area contributed by atoms with Crippen molar-refractivity contribution in [2.45, 2.75) is 36.5 Å². The molecule has 84 valence electrons. The average Bonchev–Trinajstić information content (AvgIpc) is 2.28. The molecule has 0 saturated carbocycles. The summed E-state index contributed by atoms with van der Waals surface area (Å²) >= 11 is 3.45. The number of rotatable bonds is 3. The van der Waals surface area contributed by atoms with Crippen molar-refractivity contribution in [2.24, 2.45) is 0 Å². The Morgan fingerprint density at radius 3 is 2.43 bits per heavy atom. The first kappa shape index (κ1) is 12.8. The fraction of sp³-hybridized carbons (Fsp3) is 0.900. The van der Waals surface area contributed by atoms with Gasteiger partial charge in [0, 0.05) is 0 Å². The van der Waals surface area contributed by atoms with Crippen molar-refractivity contribution < 1.29 is 9.84 Å². The molecule has 0 radical (unpaired) electrons. The Kier molecular flexibility index (Phi) is 4.28. The van der Waals surface area contributed by atoms with Crippen LogP contribution in [-0.2, 0) is 4.74 Å². The third kappa shape index (κ3) is 3.37. The highest BCUT2D eigenvalue weighted by molar-refractivity contribution is 9.09. The average molecular weight is 283 g/mol. The highest BCUT2D eigenvalue weighted by Gasteiger charge is 2.39. The zero-order valence-electron chi connectivity index (χ0n) is 9.11. The van der Waals surface area contributed by atoms with Crippen molar-refractivity contribution in [3.63, 3.8) is 0 Å². The van der Waals surface area contributed by atoms with Crippen molar-refractivity contribution in [1.82, 2.24) is 0 Å². The summed E-state index contributed by atoms with van der Waals surface area (Å²) in [4.78, 5) is 0.0822. The fourth-order valence-electron chi connectivity index (χ4n) is 1.63. The van der Waals surface area contributed by atoms with Crippen LogP contribution in [0.25, 0.3) is 0 Å². The third-order valence-corrected chi connectivity index (χ3v) is 5.32. The molecule has 1 N–H and O–H groups in total. The van der Waals surface area contributed by atoms with Gasteiger partial charge in [0.2, 0.25) is 0 Å². The third-order valence-electron chi connectivity index (χ3n) is 2.56. The highest BCUT2D eigenvalue weighted by Crippen LogP contribution is 2.38. The smallest absolute Gasteiger partial charge is 0.0951 e. The molecule has 0 aromatic heterocycles. The number of aliphatic hydroxyl groups excluding tert-OH is 1. The standard InChI is InChI=1S/C10H20BrO2P/c1-7-9(11)10(12)8(13-7)5-6-14(2,3)4/h7-10,12H,2,5-6H2,1,3-4H3/t7-,8+,9-,10+/m0/s1. The molecule has 1 rings (SSSR count). The van der Waals surface area contributed by atoms with Crippen LogP contribution in [-0.4, -0.2) is 54.0 Å². The Bertz CT molecular complexity index is 238. The molecule has 4 heteroatoms. The zero-order chi connectivity index (χ0) is 10.9. The van der Waals surface area contributed by atoms with E-state index in [1.807, 2.05) is 6.92 Å². The van der Waals surface area contributed by atoms with Gasteiger partial charge in [-0.3, -0.25) is 0 Å². The van der Waals surface area contributed by atoms with Gasteiger partial charge in [0.05, 0.1) is 23.1 Å². The predicted molar refractivity (Wildman–Crippen MR) is 68.4 cm³/mol. The van der Waals surface area contributed by atoms with Crippen LogP contribution in [0.4, 0.5) is 0 Å². The number of ether oxygens (including phenoxy) is 1. The summed E-state index contributed by atoms with van der Waals surface area (Å²) in [6, 6.07) is 0. The topological polar surface area (TPSA) is 29.5 Å². The SMILES string of the molecule is C=P(C)(C)CC[C@H]1O[C@@H](C)[C@H](Br)[C@@H]1O. The first-order valence-corrected chi connectivity index (χ1v) is 8.93. The summed E-state index contributed by atoms with van der Waals surface area (Å²) in [6.07, 6.45) is 5.91. The van der Waals surface area contributed by atoms with Gasteiger partial charge in [-0.05, 0) is 32.8 Å². The maximum Gasteiger partial charge on any atom is 0.0951 e. The van der Waals surface area contributed by atoms with Gasteiger partial charge in [0.15, 0.2) is 0 Å². The number of hydrogen-bond acceptors (Lipinski definition) is 2. The van der Waals surface area contributed by atoms with Crippen LogP contribution >= 0.6 is 22.8 Å². The number of halogens is 1. The van der Waals surface area contributed by atoms with Gasteiger partial charge in [0.1, 0.15) is 0 Å². The Labute approximate surface area is 95.1 Å². The molecular weight excluding hydrogens is 263 g/mol. The van der Waals surface area contributed by atoms with Gasteiger partial charge in [-0.15, -0.1) is 13.2 Å². The van der Waals surface area contributed by atoms with E-state index >= 15 is 0 Å². The van der Waals surface area contributed by atoms with Crippen LogP contribution in [0.1, 0.15) is 13.3 Å². The van der Waals surface area contributed by atoms with E-state index in [2.05, 4.69) is 35.6 Å². The molecular formula is C10H20BrO2P. The summed E-state index contributed by atoms with van der Waals surface area (Å²) in [5.74, 6) is 0. The van der Waals surface area contributed by atoms with Crippen LogP contribution in [0.15, 0.2) is 0 Å². The lowest BCUT2D eigenvalue weighted by molar-refractivity contribution is 0.0150. The minimum Gasteiger partial charge on any atom is -0.389 e. The van der Waals surface area contributed by atoms with E-state index in [0.717, 1.165) is 12.6 Å². The minimum atomic E-state index is -0.991. The molecule has 0 spiro atoms. The van der Waals surface area contributed by atoms with Crippen molar-refractivity contribution in [1.29, 1.82) is 0 Å². The van der Waals surface area contributed by atoms with E-state index in [0.29, 0.717) is 0 Å². The van der Waals surface area contributed by atoms with E-state index in [4.69, 9.17) is 4.74 Å². The summed E-state index contributed by atoms with van der Waals surface area (Å²) < 4.78 is 5.67. The van der Waals surface area contributed by atoms with Crippen LogP contribution in [0.2, 0.25) is 0 Å². The Morgan fingerprint density at radius 2 is 2.07 bits per heavy atom. The molecule has 1 saturated heterocycles. The molecule has 2 nitrogen and oxygen atoms in total. The van der Waals surface area contributed by atoms with Gasteiger partial charge in [-0.25, -0.2) is 0 Å². The van der Waals surface area contributed by atoms with Gasteiger partial charge in [-0.1, -0.05) is 15.9 Å². The Hall–Kier alpha value is 0.700. The molecule has 0 bridgehead atoms. The monoisotopic (exact) mass is 282 g/mol. The van der Waals surface area contributed by atoms with Gasteiger partial charge in [-0.2, -0.15) is 0 Å². The summed E-state index contributed by atoms with van der Waals surface area (Å²) in [5.41, 5.74) is 0. The van der Waals surface area contributed by atoms with E-state index < -0.39 is 6.89 Å². The fourth-order valence-corrected chi connectivity index (χ4v) is 3.05. The quantitative estimate of drug-likeness (QED) is 0.634. The molecule has 1 fully saturated rings. The normalized spacial score (nSPS) is 38.9. The summed E-state index contributed by atoms with van der Waals surface area (Å²) in [6.45, 7) is 5.43. The number of hydrogen-bond donors (Lipinski definition) is 1. The maximum atomic E-state index is 9.84. The second kappa shape index (κ2) is 4.69. The maximum absolute atomic E-state index is 9.84. The van der Waals surface area contributed by atoms with Crippen LogP contribution in [0.5, 0.6) is 0 Å². The largest absolute Gasteiger partial charge is 0.389 e. The van der Waals surface area contributed by atoms with Crippen LogP contribution < -0.4 is 0 Å². The molecule has 14 heavy (non-hydrogen) atoms. The molecule has 0 aromatic carbocycles. The van der Waals surface area contributed by atoms with E-state index in [1.165, 1.54) is 0 Å². The van der Waals surface area contributed by atoms with Gasteiger partial charge in [0.25, 0.3) is 0 Å². The van der Waals surface area contributed by atoms with Gasteiger partial charge >= 0.3 is 0 Å². The first-order valence-electron chi connectivity index (χ1n) is 4.96. The summed E-state index contributed by atoms with van der Waals surface area (Å²) in [7, 11) is 0. The van der Waals surface area contributed by atoms with Gasteiger partial charge < -0.3 is 9.84 Å². The molecule has 0 aliphatic carbocycles. The lowest BCUT2D eigenvalue weighted by atomic mass is 10.1. The van der Waals surface area contributed by atoms with Crippen molar-refractivity contribution >= 4 is 29.1 Å². The minimum absolute atomic E-state index is 0.00426. The second-order valence-electron chi connectivity index (χ2n) is 4.76. The molecule has 0 amide bonds. The van der Waals surface area contributed by atoms with E-state index in [-0.39, 0.29) is 23.1 Å². The van der Waals surface area contributed by atoms with Crippen molar-refractivity contribution in [3.8, 4) is 0 Å². The first-order chi connectivity index (χ1) is 6.31. The lowest BCUT2D eigenvalue weighted by Crippen LogP contribution is -2.27. The molecule has 1 heterocycles. The van der Waals surface area contributed by atoms with Crippen LogP contribution in [0.3, 0.4) is 0 Å². The van der Waals surface area contributed by atoms with E-state index in [9.17, 15) is 5.11 Å². The highest BCUT2D eigenvalue weighted by atomic mass is 79.9. The van der Waals surface area contributed by atoms with Crippen LogP contribution in [0, 0.1) is 0 Å².